The van der Waals surface area contributed by atoms with Crippen molar-refractivity contribution < 1.29 is 34.2 Å². The third kappa shape index (κ3) is 4.08. The van der Waals surface area contributed by atoms with Crippen LogP contribution in [-0.4, -0.2) is 79.7 Å². The van der Waals surface area contributed by atoms with Crippen molar-refractivity contribution in [2.24, 2.45) is 5.16 Å². The van der Waals surface area contributed by atoms with E-state index in [0.29, 0.717) is 4.91 Å². The number of hydrogen-bond donors (Lipinski definition) is 4. The Bertz CT molecular complexity index is 976. The van der Waals surface area contributed by atoms with Crippen LogP contribution in [0.15, 0.2) is 21.1 Å². The summed E-state index contributed by atoms with van der Waals surface area (Å²) in [5.74, 6) is -3.20. The van der Waals surface area contributed by atoms with Gasteiger partial charge in [0, 0.05) is 16.0 Å². The number of hydrogen-bond acceptors (Lipinski definition) is 12. The molecule has 1 fully saturated rings. The second-order valence-electron chi connectivity index (χ2n) is 5.82. The number of nitrogens with one attached hydrogen (secondary N) is 1. The molecule has 0 unspecified atom stereocenters. The van der Waals surface area contributed by atoms with E-state index in [1.54, 1.807) is 0 Å². The van der Waals surface area contributed by atoms with Crippen LogP contribution in [0.3, 0.4) is 0 Å². The molecule has 0 bridgehead atoms. The van der Waals surface area contributed by atoms with Gasteiger partial charge < -0.3 is 26.1 Å². The molecule has 3 rings (SSSR count). The number of thioether (sulfide) groups is 2. The summed E-state index contributed by atoms with van der Waals surface area (Å²) in [5.41, 5.74) is 4.91. The molecule has 2 amide bonds. The minimum absolute atomic E-state index is 0.0463. The number of esters is 1. The number of aliphatic carboxylic acids is 1. The van der Waals surface area contributed by atoms with Crippen molar-refractivity contribution in [2.45, 2.75) is 11.4 Å². The smallest absolute Gasteiger partial charge is 0.353 e. The van der Waals surface area contributed by atoms with E-state index in [1.165, 1.54) is 24.3 Å². The van der Waals surface area contributed by atoms with Gasteiger partial charge in [-0.25, -0.2) is 9.78 Å². The highest BCUT2D eigenvalue weighted by Gasteiger charge is 2.54. The molecular weight excluding hydrogens is 458 g/mol. The summed E-state index contributed by atoms with van der Waals surface area (Å²) in [6.45, 7) is 0. The lowest BCUT2D eigenvalue weighted by Gasteiger charge is -2.49. The second kappa shape index (κ2) is 8.93. The molecule has 0 aliphatic carbocycles. The Hall–Kier alpha value is -2.78. The highest BCUT2D eigenvalue weighted by molar-refractivity contribution is 8.06. The Kier molecular flexibility index (Phi) is 6.52. The average molecular weight is 474 g/mol. The fourth-order valence-corrected chi connectivity index (χ4v) is 5.74. The van der Waals surface area contributed by atoms with Gasteiger partial charge in [-0.3, -0.25) is 19.3 Å². The van der Waals surface area contributed by atoms with E-state index < -0.39 is 40.9 Å². The van der Waals surface area contributed by atoms with Gasteiger partial charge in [0.15, 0.2) is 10.8 Å². The molecule has 2 aliphatic rings. The van der Waals surface area contributed by atoms with Gasteiger partial charge in [-0.05, 0) is 0 Å². The van der Waals surface area contributed by atoms with E-state index in [1.807, 2.05) is 0 Å². The van der Waals surface area contributed by atoms with E-state index in [4.69, 9.17) is 10.9 Å². The summed E-state index contributed by atoms with van der Waals surface area (Å²) in [5, 5.41) is 25.0. The normalized spacial score (nSPS) is 21.0. The second-order valence-corrected chi connectivity index (χ2v) is 8.89. The first-order chi connectivity index (χ1) is 14.3. The van der Waals surface area contributed by atoms with Crippen LogP contribution in [0.2, 0.25) is 0 Å². The molecular formula is C15H15N5O7S3. The van der Waals surface area contributed by atoms with E-state index in [0.717, 1.165) is 28.0 Å². The van der Waals surface area contributed by atoms with Crippen molar-refractivity contribution in [1.82, 2.24) is 15.2 Å². The van der Waals surface area contributed by atoms with Crippen molar-refractivity contribution in [1.29, 1.82) is 0 Å². The number of carboxylic acids is 1. The number of rotatable bonds is 7. The van der Waals surface area contributed by atoms with Gasteiger partial charge in [-0.1, -0.05) is 5.16 Å². The standard InChI is InChI=1S/C15H15N5O7S3/c1-27-7(21)4-28-6-3-29-13-9(12(23)20(13)10(6)14(24)25)18-11(22)8(19-26)5-2-30-15(16)17-5/h2,9,13,26H,3-4H2,1H3,(H2,16,17)(H,18,22)(H,24,25)/b19-8-/t9-,13-/m1/s1. The first kappa shape index (κ1) is 21.9. The molecule has 1 aromatic rings. The lowest BCUT2D eigenvalue weighted by Crippen LogP contribution is -2.71. The molecule has 0 saturated carbocycles. The maximum atomic E-state index is 12.6. The fourth-order valence-electron chi connectivity index (χ4n) is 2.73. The van der Waals surface area contributed by atoms with Gasteiger partial charge in [-0.15, -0.1) is 34.9 Å². The first-order valence-corrected chi connectivity index (χ1v) is 11.0. The lowest BCUT2D eigenvalue weighted by molar-refractivity contribution is -0.150. The number of carbonyl (C=O) groups excluding carboxylic acids is 3. The number of fused-ring (bicyclic) bond motifs is 1. The molecule has 2 atom stereocenters. The number of β-lactam (4-membered cyclic amide) rings is 1. The topological polar surface area (TPSA) is 185 Å². The lowest BCUT2D eigenvalue weighted by atomic mass is 10.0. The van der Waals surface area contributed by atoms with Crippen LogP contribution in [0.4, 0.5) is 5.13 Å². The molecule has 5 N–H and O–H groups in total. The Balaban J connectivity index is 1.74. The number of oxime groups is 1. The largest absolute Gasteiger partial charge is 0.477 e. The first-order valence-electron chi connectivity index (χ1n) is 8.13. The number of nitrogens with zero attached hydrogens (tertiary/aromatic N) is 3. The SMILES string of the molecule is COC(=O)CSC1=C(C(=O)O)N2C(=O)[C@@H](NC(=O)/C(=N\O)c3csc(N)n3)[C@H]2SC1. The third-order valence-corrected chi connectivity index (χ3v) is 7.30. The number of anilines is 1. The van der Waals surface area contributed by atoms with Crippen LogP contribution in [0.5, 0.6) is 0 Å². The van der Waals surface area contributed by atoms with Crippen molar-refractivity contribution in [3.8, 4) is 0 Å². The van der Waals surface area contributed by atoms with Crippen molar-refractivity contribution >= 4 is 69.5 Å². The van der Waals surface area contributed by atoms with E-state index in [-0.39, 0.29) is 28.0 Å². The van der Waals surface area contributed by atoms with Crippen LogP contribution in [0, 0.1) is 0 Å². The maximum absolute atomic E-state index is 12.6. The van der Waals surface area contributed by atoms with Gasteiger partial charge in [-0.2, -0.15) is 0 Å². The maximum Gasteiger partial charge on any atom is 0.353 e. The Morgan fingerprint density at radius 3 is 2.80 bits per heavy atom. The number of carboxylic acid groups (broad SMARTS) is 1. The molecule has 0 radical (unpaired) electrons. The summed E-state index contributed by atoms with van der Waals surface area (Å²) in [4.78, 5) is 53.4. The van der Waals surface area contributed by atoms with Crippen molar-refractivity contribution in [2.75, 3.05) is 24.3 Å². The molecule has 1 saturated heterocycles. The number of carbonyl (C=O) groups is 4. The summed E-state index contributed by atoms with van der Waals surface area (Å²) in [6.07, 6.45) is 0. The van der Waals surface area contributed by atoms with Crippen LogP contribution in [-0.2, 0) is 23.9 Å². The number of ether oxygens (including phenoxy) is 1. The predicted molar refractivity (Wildman–Crippen MR) is 109 cm³/mol. The zero-order valence-electron chi connectivity index (χ0n) is 15.2. The minimum atomic E-state index is -1.32. The number of amides is 2. The molecule has 2 aliphatic heterocycles. The zero-order chi connectivity index (χ0) is 22.0. The monoisotopic (exact) mass is 473 g/mol. The highest BCUT2D eigenvalue weighted by atomic mass is 32.2. The quantitative estimate of drug-likeness (QED) is 0.132. The van der Waals surface area contributed by atoms with Crippen molar-refractivity contribution in [3.63, 3.8) is 0 Å². The van der Waals surface area contributed by atoms with Gasteiger partial charge in [0.1, 0.15) is 22.8 Å². The van der Waals surface area contributed by atoms with Gasteiger partial charge in [0.05, 0.1) is 12.9 Å². The van der Waals surface area contributed by atoms with Gasteiger partial charge in [0.25, 0.3) is 11.8 Å². The van der Waals surface area contributed by atoms with E-state index >= 15 is 0 Å². The summed E-state index contributed by atoms with van der Waals surface area (Å²) >= 11 is 3.26. The summed E-state index contributed by atoms with van der Waals surface area (Å²) in [6, 6.07) is -1.02. The van der Waals surface area contributed by atoms with E-state index in [9.17, 15) is 24.3 Å². The Morgan fingerprint density at radius 2 is 2.23 bits per heavy atom. The molecule has 160 valence electrons. The Morgan fingerprint density at radius 1 is 1.50 bits per heavy atom. The molecule has 30 heavy (non-hydrogen) atoms. The summed E-state index contributed by atoms with van der Waals surface area (Å²) < 4.78 is 4.54. The zero-order valence-corrected chi connectivity index (χ0v) is 17.7. The highest BCUT2D eigenvalue weighted by Crippen LogP contribution is 2.43. The molecule has 1 aromatic heterocycles. The molecule has 3 heterocycles. The number of methoxy groups -OCH3 is 1. The fraction of sp³-hybridized carbons (Fsp3) is 0.333. The minimum Gasteiger partial charge on any atom is -0.477 e. The number of nitrogen functional groups attached to an aromatic ring is 1. The molecule has 0 spiro atoms. The summed E-state index contributed by atoms with van der Waals surface area (Å²) in [7, 11) is 1.22. The molecule has 12 nitrogen and oxygen atoms in total. The third-order valence-electron chi connectivity index (χ3n) is 4.09. The van der Waals surface area contributed by atoms with Crippen molar-refractivity contribution in [3.05, 3.63) is 21.7 Å². The van der Waals surface area contributed by atoms with Crippen LogP contribution in [0.1, 0.15) is 5.69 Å². The predicted octanol–water partition coefficient (Wildman–Crippen LogP) is -0.494. The number of thiazole rings is 1. The van der Waals surface area contributed by atoms with Gasteiger partial charge >= 0.3 is 11.9 Å². The van der Waals surface area contributed by atoms with Crippen LogP contribution in [0.25, 0.3) is 0 Å². The number of nitrogens with two attached hydrogens (primary N) is 1. The molecule has 15 heteroatoms. The van der Waals surface area contributed by atoms with E-state index in [2.05, 4.69) is 20.2 Å². The average Bonchev–Trinajstić information content (AvgIpc) is 3.15. The van der Waals surface area contributed by atoms with Crippen LogP contribution < -0.4 is 11.1 Å². The van der Waals surface area contributed by atoms with Crippen LogP contribution >= 0.6 is 34.9 Å². The van der Waals surface area contributed by atoms with Gasteiger partial charge in [0.2, 0.25) is 0 Å². The molecule has 0 aromatic carbocycles. The number of aromatic nitrogens is 1. The Labute approximate surface area is 181 Å².